The lowest BCUT2D eigenvalue weighted by Crippen LogP contribution is -2.15. The highest BCUT2D eigenvalue weighted by Crippen LogP contribution is 2.25. The number of nitrogens with one attached hydrogen (secondary N) is 1. The van der Waals surface area contributed by atoms with E-state index in [0.717, 1.165) is 0 Å². The van der Waals surface area contributed by atoms with Crippen molar-refractivity contribution < 1.29 is 14.7 Å². The molecule has 0 atom stereocenters. The highest BCUT2D eigenvalue weighted by molar-refractivity contribution is 9.10. The standard InChI is InChI=1S/C15H11BrClNO3/c1-8-3-2-4-12(13(8)15(20)21)18-14(19)9-5-6-10(16)11(17)7-9/h2-7H,1H3,(H,18,19)(H,20,21). The predicted molar refractivity (Wildman–Crippen MR) is 85.2 cm³/mol. The number of carbonyl (C=O) groups excluding carboxylic acids is 1. The van der Waals surface area contributed by atoms with Gasteiger partial charge in [0.25, 0.3) is 5.91 Å². The topological polar surface area (TPSA) is 66.4 Å². The third-order valence-electron chi connectivity index (χ3n) is 2.92. The van der Waals surface area contributed by atoms with Crippen molar-refractivity contribution in [1.82, 2.24) is 0 Å². The van der Waals surface area contributed by atoms with Crippen LogP contribution in [0.3, 0.4) is 0 Å². The fourth-order valence-electron chi connectivity index (χ4n) is 1.89. The van der Waals surface area contributed by atoms with E-state index in [9.17, 15) is 14.7 Å². The summed E-state index contributed by atoms with van der Waals surface area (Å²) in [6.07, 6.45) is 0. The van der Waals surface area contributed by atoms with E-state index in [-0.39, 0.29) is 11.3 Å². The van der Waals surface area contributed by atoms with Crippen LogP contribution in [0.25, 0.3) is 0 Å². The lowest BCUT2D eigenvalue weighted by Gasteiger charge is -2.11. The van der Waals surface area contributed by atoms with E-state index in [4.69, 9.17) is 11.6 Å². The number of rotatable bonds is 3. The molecular formula is C15H11BrClNO3. The summed E-state index contributed by atoms with van der Waals surface area (Å²) in [7, 11) is 0. The molecule has 0 unspecified atom stereocenters. The van der Waals surface area contributed by atoms with E-state index in [1.165, 1.54) is 6.07 Å². The summed E-state index contributed by atoms with van der Waals surface area (Å²) >= 11 is 9.19. The Hall–Kier alpha value is -1.85. The summed E-state index contributed by atoms with van der Waals surface area (Å²) in [6.45, 7) is 1.68. The van der Waals surface area contributed by atoms with Crippen molar-refractivity contribution in [3.05, 3.63) is 62.6 Å². The zero-order chi connectivity index (χ0) is 15.6. The fourth-order valence-corrected chi connectivity index (χ4v) is 2.31. The number of hydrogen-bond acceptors (Lipinski definition) is 2. The number of benzene rings is 2. The van der Waals surface area contributed by atoms with Crippen LogP contribution in [-0.4, -0.2) is 17.0 Å². The van der Waals surface area contributed by atoms with Gasteiger partial charge >= 0.3 is 5.97 Å². The first-order chi connectivity index (χ1) is 9.90. The first-order valence-electron chi connectivity index (χ1n) is 5.99. The van der Waals surface area contributed by atoms with Crippen LogP contribution in [0.15, 0.2) is 40.9 Å². The van der Waals surface area contributed by atoms with Crippen molar-refractivity contribution in [1.29, 1.82) is 0 Å². The van der Waals surface area contributed by atoms with E-state index < -0.39 is 11.9 Å². The second kappa shape index (κ2) is 6.28. The molecule has 21 heavy (non-hydrogen) atoms. The Labute approximate surface area is 134 Å². The molecule has 2 rings (SSSR count). The van der Waals surface area contributed by atoms with Crippen LogP contribution in [0, 0.1) is 6.92 Å². The lowest BCUT2D eigenvalue weighted by atomic mass is 10.1. The Morgan fingerprint density at radius 1 is 1.24 bits per heavy atom. The van der Waals surface area contributed by atoms with Gasteiger partial charge in [0.15, 0.2) is 0 Å². The van der Waals surface area contributed by atoms with Gasteiger partial charge in [0, 0.05) is 10.0 Å². The minimum Gasteiger partial charge on any atom is -0.478 e. The molecular weight excluding hydrogens is 358 g/mol. The summed E-state index contributed by atoms with van der Waals surface area (Å²) in [5.74, 6) is -1.50. The molecule has 0 aliphatic heterocycles. The molecule has 108 valence electrons. The van der Waals surface area contributed by atoms with E-state index >= 15 is 0 Å². The smallest absolute Gasteiger partial charge is 0.338 e. The van der Waals surface area contributed by atoms with Crippen molar-refractivity contribution in [2.75, 3.05) is 5.32 Å². The van der Waals surface area contributed by atoms with Gasteiger partial charge in [-0.2, -0.15) is 0 Å². The molecule has 0 saturated heterocycles. The minimum absolute atomic E-state index is 0.0778. The summed E-state index contributed by atoms with van der Waals surface area (Å²) in [4.78, 5) is 23.5. The van der Waals surface area contributed by atoms with Crippen molar-refractivity contribution in [3.63, 3.8) is 0 Å². The molecule has 0 heterocycles. The van der Waals surface area contributed by atoms with Gasteiger partial charge in [0.05, 0.1) is 16.3 Å². The normalized spacial score (nSPS) is 10.2. The Morgan fingerprint density at radius 2 is 1.95 bits per heavy atom. The van der Waals surface area contributed by atoms with Crippen LogP contribution in [0.2, 0.25) is 5.02 Å². The number of carbonyl (C=O) groups is 2. The van der Waals surface area contributed by atoms with Crippen molar-refractivity contribution in [2.45, 2.75) is 6.92 Å². The van der Waals surface area contributed by atoms with E-state index in [2.05, 4.69) is 21.2 Å². The number of carboxylic acids is 1. The molecule has 4 nitrogen and oxygen atoms in total. The average Bonchev–Trinajstić information content (AvgIpc) is 2.41. The molecule has 2 aromatic rings. The number of carboxylic acid groups (broad SMARTS) is 1. The monoisotopic (exact) mass is 367 g/mol. The van der Waals surface area contributed by atoms with Crippen LogP contribution >= 0.6 is 27.5 Å². The van der Waals surface area contributed by atoms with Crippen LogP contribution in [0.4, 0.5) is 5.69 Å². The molecule has 0 bridgehead atoms. The molecule has 0 fully saturated rings. The van der Waals surface area contributed by atoms with Crippen LogP contribution in [0.5, 0.6) is 0 Å². The lowest BCUT2D eigenvalue weighted by molar-refractivity contribution is 0.0697. The van der Waals surface area contributed by atoms with Crippen LogP contribution in [0.1, 0.15) is 26.3 Å². The second-order valence-electron chi connectivity index (χ2n) is 4.39. The maximum absolute atomic E-state index is 12.2. The Bertz CT molecular complexity index is 731. The zero-order valence-corrected chi connectivity index (χ0v) is 13.3. The van der Waals surface area contributed by atoms with Gasteiger partial charge < -0.3 is 10.4 Å². The van der Waals surface area contributed by atoms with Gasteiger partial charge in [0.2, 0.25) is 0 Å². The Kier molecular flexibility index (Phi) is 4.65. The molecule has 2 aromatic carbocycles. The predicted octanol–water partition coefficient (Wildman–Crippen LogP) is 4.36. The first-order valence-corrected chi connectivity index (χ1v) is 7.16. The number of anilines is 1. The number of hydrogen-bond donors (Lipinski definition) is 2. The van der Waals surface area contributed by atoms with Crippen molar-refractivity contribution >= 4 is 45.1 Å². The van der Waals surface area contributed by atoms with E-state index in [1.807, 2.05) is 0 Å². The maximum Gasteiger partial charge on any atom is 0.338 e. The number of amides is 1. The summed E-state index contributed by atoms with van der Waals surface area (Å²) in [5, 5.41) is 12.2. The summed E-state index contributed by atoms with van der Waals surface area (Å²) < 4.78 is 0.683. The highest BCUT2D eigenvalue weighted by Gasteiger charge is 2.16. The van der Waals surface area contributed by atoms with Gasteiger partial charge in [-0.05, 0) is 52.7 Å². The molecule has 0 aliphatic carbocycles. The molecule has 0 aromatic heterocycles. The highest BCUT2D eigenvalue weighted by atomic mass is 79.9. The van der Waals surface area contributed by atoms with E-state index in [0.29, 0.717) is 20.6 Å². The number of aryl methyl sites for hydroxylation is 1. The summed E-state index contributed by atoms with van der Waals surface area (Å²) in [5.41, 5.74) is 1.26. The molecule has 0 radical (unpaired) electrons. The number of aromatic carboxylic acids is 1. The molecule has 1 amide bonds. The van der Waals surface area contributed by atoms with Gasteiger partial charge in [-0.1, -0.05) is 23.7 Å². The van der Waals surface area contributed by atoms with Crippen molar-refractivity contribution in [2.24, 2.45) is 0 Å². The minimum atomic E-state index is -1.09. The molecule has 0 saturated carbocycles. The molecule has 6 heteroatoms. The van der Waals surface area contributed by atoms with Crippen LogP contribution in [-0.2, 0) is 0 Å². The SMILES string of the molecule is Cc1cccc(NC(=O)c2ccc(Br)c(Cl)c2)c1C(=O)O. The van der Waals surface area contributed by atoms with E-state index in [1.54, 1.807) is 37.3 Å². The molecule has 0 spiro atoms. The Morgan fingerprint density at radius 3 is 2.57 bits per heavy atom. The largest absolute Gasteiger partial charge is 0.478 e. The number of halogens is 2. The van der Waals surface area contributed by atoms with Gasteiger partial charge in [-0.25, -0.2) is 4.79 Å². The summed E-state index contributed by atoms with van der Waals surface area (Å²) in [6, 6.07) is 9.68. The third-order valence-corrected chi connectivity index (χ3v) is 4.15. The van der Waals surface area contributed by atoms with Gasteiger partial charge in [-0.15, -0.1) is 0 Å². The molecule has 2 N–H and O–H groups in total. The maximum atomic E-state index is 12.2. The third kappa shape index (κ3) is 3.43. The first kappa shape index (κ1) is 15.5. The van der Waals surface area contributed by atoms with Gasteiger partial charge in [0.1, 0.15) is 0 Å². The second-order valence-corrected chi connectivity index (χ2v) is 5.65. The van der Waals surface area contributed by atoms with Crippen molar-refractivity contribution in [3.8, 4) is 0 Å². The molecule has 0 aliphatic rings. The Balaban J connectivity index is 2.34. The van der Waals surface area contributed by atoms with Crippen LogP contribution < -0.4 is 5.32 Å². The average molecular weight is 369 g/mol. The fraction of sp³-hybridized carbons (Fsp3) is 0.0667. The van der Waals surface area contributed by atoms with Gasteiger partial charge in [-0.3, -0.25) is 4.79 Å². The zero-order valence-electron chi connectivity index (χ0n) is 11.0. The quantitative estimate of drug-likeness (QED) is 0.846.